The van der Waals surface area contributed by atoms with Crippen LogP contribution in [-0.2, 0) is 0 Å². The van der Waals surface area contributed by atoms with Gasteiger partial charge >= 0.3 is 0 Å². The SMILES string of the molecule is C=C/C(CC)=C(/CC)C(=C)F. The predicted octanol–water partition coefficient (Wildman–Crippen LogP) is 3.77. The quantitative estimate of drug-likeness (QED) is 0.541. The third-order valence-electron chi connectivity index (χ3n) is 1.70. The second kappa shape index (κ2) is 4.89. The molecule has 0 aliphatic carbocycles. The van der Waals surface area contributed by atoms with Crippen molar-refractivity contribution < 1.29 is 4.39 Å². The zero-order chi connectivity index (χ0) is 8.85. The van der Waals surface area contributed by atoms with Crippen LogP contribution in [-0.4, -0.2) is 0 Å². The first kappa shape index (κ1) is 10.2. The Morgan fingerprint density at radius 1 is 1.36 bits per heavy atom. The smallest absolute Gasteiger partial charge is 0.119 e. The van der Waals surface area contributed by atoms with Gasteiger partial charge in [-0.3, -0.25) is 0 Å². The van der Waals surface area contributed by atoms with Gasteiger partial charge in [0, 0.05) is 0 Å². The van der Waals surface area contributed by atoms with Gasteiger partial charge in [0.05, 0.1) is 0 Å². The lowest BCUT2D eigenvalue weighted by Gasteiger charge is -2.05. The van der Waals surface area contributed by atoms with Crippen LogP contribution < -0.4 is 0 Å². The minimum Gasteiger partial charge on any atom is -0.207 e. The van der Waals surface area contributed by atoms with Gasteiger partial charge in [0.15, 0.2) is 0 Å². The summed E-state index contributed by atoms with van der Waals surface area (Å²) in [6.07, 6.45) is 3.20. The number of hydrogen-bond donors (Lipinski definition) is 0. The topological polar surface area (TPSA) is 0 Å². The maximum Gasteiger partial charge on any atom is 0.119 e. The number of halogens is 1. The second-order valence-electron chi connectivity index (χ2n) is 2.32. The van der Waals surface area contributed by atoms with E-state index in [9.17, 15) is 4.39 Å². The highest BCUT2D eigenvalue weighted by molar-refractivity contribution is 5.34. The molecule has 0 saturated heterocycles. The van der Waals surface area contributed by atoms with Gasteiger partial charge in [0.2, 0.25) is 0 Å². The van der Waals surface area contributed by atoms with Crippen LogP contribution in [0.15, 0.2) is 36.2 Å². The third-order valence-corrected chi connectivity index (χ3v) is 1.70. The summed E-state index contributed by atoms with van der Waals surface area (Å²) in [7, 11) is 0. The molecule has 0 heterocycles. The summed E-state index contributed by atoms with van der Waals surface area (Å²) in [5.41, 5.74) is 1.66. The van der Waals surface area contributed by atoms with Crippen molar-refractivity contribution in [3.05, 3.63) is 36.2 Å². The molecule has 0 nitrogen and oxygen atoms in total. The van der Waals surface area contributed by atoms with Crippen molar-refractivity contribution >= 4 is 0 Å². The molecule has 0 rings (SSSR count). The average molecular weight is 154 g/mol. The zero-order valence-electron chi connectivity index (χ0n) is 7.28. The highest BCUT2D eigenvalue weighted by atomic mass is 19.1. The maximum absolute atomic E-state index is 12.7. The Bertz CT molecular complexity index is 187. The van der Waals surface area contributed by atoms with Gasteiger partial charge in [0.25, 0.3) is 0 Å². The van der Waals surface area contributed by atoms with Crippen molar-refractivity contribution in [2.75, 3.05) is 0 Å². The molecule has 0 atom stereocenters. The van der Waals surface area contributed by atoms with Crippen molar-refractivity contribution in [1.29, 1.82) is 0 Å². The van der Waals surface area contributed by atoms with E-state index in [4.69, 9.17) is 0 Å². The van der Waals surface area contributed by atoms with Gasteiger partial charge in [-0.2, -0.15) is 0 Å². The molecule has 1 heteroatoms. The van der Waals surface area contributed by atoms with E-state index < -0.39 is 0 Å². The highest BCUT2D eigenvalue weighted by Crippen LogP contribution is 2.20. The van der Waals surface area contributed by atoms with E-state index in [-0.39, 0.29) is 5.83 Å². The van der Waals surface area contributed by atoms with E-state index in [1.165, 1.54) is 0 Å². The Kier molecular flexibility index (Phi) is 4.51. The summed E-state index contributed by atoms with van der Waals surface area (Å²) in [6, 6.07) is 0. The Labute approximate surface area is 68.1 Å². The van der Waals surface area contributed by atoms with E-state index in [1.807, 2.05) is 13.8 Å². The summed E-state index contributed by atoms with van der Waals surface area (Å²) >= 11 is 0. The van der Waals surface area contributed by atoms with Crippen molar-refractivity contribution in [3.63, 3.8) is 0 Å². The molecule has 0 aliphatic rings. The molecular weight excluding hydrogens is 139 g/mol. The van der Waals surface area contributed by atoms with Gasteiger partial charge in [-0.1, -0.05) is 33.1 Å². The second-order valence-corrected chi connectivity index (χ2v) is 2.32. The van der Waals surface area contributed by atoms with Gasteiger partial charge in [0.1, 0.15) is 5.83 Å². The molecule has 0 aromatic carbocycles. The Morgan fingerprint density at radius 3 is 2.00 bits per heavy atom. The highest BCUT2D eigenvalue weighted by Gasteiger charge is 2.02. The third kappa shape index (κ3) is 2.71. The van der Waals surface area contributed by atoms with Crippen LogP contribution in [0, 0.1) is 0 Å². The van der Waals surface area contributed by atoms with Gasteiger partial charge in [-0.15, -0.1) is 0 Å². The van der Waals surface area contributed by atoms with Crippen LogP contribution in [0.3, 0.4) is 0 Å². The first-order valence-electron chi connectivity index (χ1n) is 3.86. The molecule has 0 N–H and O–H groups in total. The summed E-state index contributed by atoms with van der Waals surface area (Å²) in [4.78, 5) is 0. The zero-order valence-corrected chi connectivity index (χ0v) is 7.28. The lowest BCUT2D eigenvalue weighted by Crippen LogP contribution is -1.87. The van der Waals surface area contributed by atoms with E-state index in [1.54, 1.807) is 6.08 Å². The molecule has 0 spiro atoms. The van der Waals surface area contributed by atoms with Crippen molar-refractivity contribution in [2.45, 2.75) is 26.7 Å². The monoisotopic (exact) mass is 154 g/mol. The normalized spacial score (nSPS) is 12.3. The average Bonchev–Trinajstić information content (AvgIpc) is 1.99. The largest absolute Gasteiger partial charge is 0.207 e. The molecule has 0 fully saturated rings. The molecule has 0 radical (unpaired) electrons. The number of hydrogen-bond acceptors (Lipinski definition) is 0. The first-order chi connectivity index (χ1) is 5.17. The molecule has 0 aromatic heterocycles. The van der Waals surface area contributed by atoms with E-state index >= 15 is 0 Å². The van der Waals surface area contributed by atoms with Crippen molar-refractivity contribution in [2.24, 2.45) is 0 Å². The molecule has 0 bridgehead atoms. The molecule has 0 aromatic rings. The van der Waals surface area contributed by atoms with E-state index in [0.29, 0.717) is 12.0 Å². The number of allylic oxidation sites excluding steroid dienone is 4. The fraction of sp³-hybridized carbons (Fsp3) is 0.400. The fourth-order valence-corrected chi connectivity index (χ4v) is 1.07. The lowest BCUT2D eigenvalue weighted by molar-refractivity contribution is 0.643. The predicted molar refractivity (Wildman–Crippen MR) is 48.1 cm³/mol. The summed E-state index contributed by atoms with van der Waals surface area (Å²) in [5, 5.41) is 0. The van der Waals surface area contributed by atoms with Gasteiger partial charge < -0.3 is 0 Å². The fourth-order valence-electron chi connectivity index (χ4n) is 1.07. The maximum atomic E-state index is 12.7. The standard InChI is InChI=1S/C10H15F/c1-5-9(6-2)10(7-3)8(4)11/h5H,1,4,6-7H2,2-3H3/b10-9+. The van der Waals surface area contributed by atoms with Crippen LogP contribution >= 0.6 is 0 Å². The first-order valence-corrected chi connectivity index (χ1v) is 3.86. The molecule has 62 valence electrons. The molecular formula is C10H15F. The summed E-state index contributed by atoms with van der Waals surface area (Å²) in [6.45, 7) is 10.8. The van der Waals surface area contributed by atoms with Gasteiger partial charge in [-0.05, 0) is 24.0 Å². The van der Waals surface area contributed by atoms with Crippen molar-refractivity contribution in [3.8, 4) is 0 Å². The molecule has 0 unspecified atom stereocenters. The molecule has 0 saturated carbocycles. The van der Waals surface area contributed by atoms with E-state index in [0.717, 1.165) is 12.0 Å². The minimum atomic E-state index is -0.329. The summed E-state index contributed by atoms with van der Waals surface area (Å²) < 4.78 is 12.7. The molecule has 0 amide bonds. The van der Waals surface area contributed by atoms with Crippen LogP contribution in [0.4, 0.5) is 4.39 Å². The van der Waals surface area contributed by atoms with Crippen molar-refractivity contribution in [1.82, 2.24) is 0 Å². The Morgan fingerprint density at radius 2 is 1.91 bits per heavy atom. The van der Waals surface area contributed by atoms with Gasteiger partial charge in [-0.25, -0.2) is 4.39 Å². The number of rotatable bonds is 4. The van der Waals surface area contributed by atoms with E-state index in [2.05, 4.69) is 13.2 Å². The lowest BCUT2D eigenvalue weighted by atomic mass is 10.0. The molecule has 0 aliphatic heterocycles. The summed E-state index contributed by atoms with van der Waals surface area (Å²) in [5.74, 6) is -0.329. The van der Waals surface area contributed by atoms with Crippen LogP contribution in [0.25, 0.3) is 0 Å². The van der Waals surface area contributed by atoms with Crippen LogP contribution in [0.2, 0.25) is 0 Å². The Balaban J connectivity index is 4.76. The minimum absolute atomic E-state index is 0.329. The Hall–Kier alpha value is -0.850. The van der Waals surface area contributed by atoms with Crippen LogP contribution in [0.1, 0.15) is 26.7 Å². The molecule has 11 heavy (non-hydrogen) atoms. The van der Waals surface area contributed by atoms with Crippen LogP contribution in [0.5, 0.6) is 0 Å².